The first-order valence-corrected chi connectivity index (χ1v) is 11.9. The van der Waals surface area contributed by atoms with E-state index in [-0.39, 0.29) is 34.6 Å². The molecule has 0 aliphatic carbocycles. The molecule has 182 valence electrons. The molecule has 10 heteroatoms. The average Bonchev–Trinajstić information content (AvgIpc) is 2.83. The lowest BCUT2D eigenvalue weighted by molar-refractivity contribution is 0.0691. The van der Waals surface area contributed by atoms with E-state index in [9.17, 15) is 20.3 Å². The second-order valence-corrected chi connectivity index (χ2v) is 9.38. The molecule has 3 heterocycles. The van der Waals surface area contributed by atoms with Gasteiger partial charge in [0.05, 0.1) is 28.9 Å². The maximum Gasteiger partial charge on any atom is 0.356 e. The van der Waals surface area contributed by atoms with Gasteiger partial charge in [-0.15, -0.1) is 0 Å². The van der Waals surface area contributed by atoms with Crippen molar-refractivity contribution in [3.05, 3.63) is 51.9 Å². The number of carboxylic acids is 1. The molecule has 0 saturated carbocycles. The number of aliphatic hydroxyl groups is 1. The third-order valence-corrected chi connectivity index (χ3v) is 6.67. The Morgan fingerprint density at radius 2 is 1.94 bits per heavy atom. The highest BCUT2D eigenvalue weighted by Crippen LogP contribution is 2.32. The molecule has 0 bridgehead atoms. The van der Waals surface area contributed by atoms with Crippen molar-refractivity contribution in [1.29, 1.82) is 5.26 Å². The van der Waals surface area contributed by atoms with Gasteiger partial charge in [-0.05, 0) is 63.3 Å². The Balaban J connectivity index is 1.74. The third kappa shape index (κ3) is 5.14. The van der Waals surface area contributed by atoms with E-state index in [2.05, 4.69) is 26.3 Å². The fourth-order valence-electron chi connectivity index (χ4n) is 4.57. The number of nitrogens with zero attached hydrogens (tertiary/aromatic N) is 5. The highest BCUT2D eigenvalue weighted by atomic mass is 35.5. The Hall–Kier alpha value is -3.48. The largest absolute Gasteiger partial charge is 0.476 e. The highest BCUT2D eigenvalue weighted by Gasteiger charge is 2.26. The first-order chi connectivity index (χ1) is 16.7. The minimum absolute atomic E-state index is 0.0977. The van der Waals surface area contributed by atoms with Crippen molar-refractivity contribution in [1.82, 2.24) is 15.0 Å². The monoisotopic (exact) mass is 494 g/mol. The number of carboxylic acid groups (broad SMARTS) is 1. The first-order valence-electron chi connectivity index (χ1n) is 11.5. The van der Waals surface area contributed by atoms with Crippen LogP contribution in [0.1, 0.15) is 60.0 Å². The molecule has 1 aromatic carbocycles. The van der Waals surface area contributed by atoms with Gasteiger partial charge in [0.15, 0.2) is 17.2 Å². The van der Waals surface area contributed by atoms with Gasteiger partial charge in [0.25, 0.3) is 0 Å². The fourth-order valence-corrected chi connectivity index (χ4v) is 4.72. The number of rotatable bonds is 6. The summed E-state index contributed by atoms with van der Waals surface area (Å²) in [6.45, 7) is 7.01. The van der Waals surface area contributed by atoms with Crippen LogP contribution in [0.15, 0.2) is 24.3 Å². The van der Waals surface area contributed by atoms with Gasteiger partial charge in [-0.1, -0.05) is 17.7 Å². The van der Waals surface area contributed by atoms with E-state index in [1.807, 2.05) is 32.9 Å². The van der Waals surface area contributed by atoms with Crippen LogP contribution in [0.4, 0.5) is 11.5 Å². The molecule has 0 radical (unpaired) electrons. The first kappa shape index (κ1) is 24.6. The minimum Gasteiger partial charge on any atom is -0.476 e. The Kier molecular flexibility index (Phi) is 7.05. The number of aryl methyl sites for hydroxylation is 1. The molecule has 3 aromatic rings. The van der Waals surface area contributed by atoms with Crippen LogP contribution in [0.5, 0.6) is 0 Å². The number of nitriles is 1. The van der Waals surface area contributed by atoms with Crippen LogP contribution in [-0.4, -0.2) is 50.3 Å². The molecule has 4 rings (SSSR count). The Bertz CT molecular complexity index is 1310. The van der Waals surface area contributed by atoms with Crippen molar-refractivity contribution in [3.63, 3.8) is 0 Å². The highest BCUT2D eigenvalue weighted by molar-refractivity contribution is 6.29. The van der Waals surface area contributed by atoms with E-state index in [1.165, 1.54) is 6.07 Å². The molecule has 1 aliphatic heterocycles. The van der Waals surface area contributed by atoms with Gasteiger partial charge < -0.3 is 20.4 Å². The number of pyridine rings is 1. The van der Waals surface area contributed by atoms with Gasteiger partial charge in [0.2, 0.25) is 0 Å². The summed E-state index contributed by atoms with van der Waals surface area (Å²) < 4.78 is 0. The zero-order chi connectivity index (χ0) is 25.3. The zero-order valence-corrected chi connectivity index (χ0v) is 20.5. The van der Waals surface area contributed by atoms with Crippen LogP contribution < -0.4 is 10.2 Å². The molecule has 3 N–H and O–H groups in total. The Morgan fingerprint density at radius 3 is 2.57 bits per heavy atom. The minimum atomic E-state index is -1.18. The summed E-state index contributed by atoms with van der Waals surface area (Å²) in [6.07, 6.45) is 1.25. The summed E-state index contributed by atoms with van der Waals surface area (Å²) in [4.78, 5) is 27.2. The second kappa shape index (κ2) is 10.0. The number of anilines is 2. The molecule has 2 aromatic heterocycles. The van der Waals surface area contributed by atoms with E-state index in [0.29, 0.717) is 35.6 Å². The number of hydrogen-bond donors (Lipinski definition) is 3. The number of carbonyl (C=O) groups is 1. The van der Waals surface area contributed by atoms with Crippen LogP contribution in [0.25, 0.3) is 11.0 Å². The number of hydrogen-bond acceptors (Lipinski definition) is 8. The molecule has 9 nitrogen and oxygen atoms in total. The van der Waals surface area contributed by atoms with Gasteiger partial charge in [0, 0.05) is 18.7 Å². The van der Waals surface area contributed by atoms with E-state index >= 15 is 0 Å². The van der Waals surface area contributed by atoms with E-state index < -0.39 is 5.97 Å². The number of benzene rings is 1. The summed E-state index contributed by atoms with van der Waals surface area (Å²) in [5, 5.41) is 32.6. The van der Waals surface area contributed by atoms with E-state index in [1.54, 1.807) is 6.07 Å². The predicted octanol–water partition coefficient (Wildman–Crippen LogP) is 4.33. The predicted molar refractivity (Wildman–Crippen MR) is 134 cm³/mol. The average molecular weight is 495 g/mol. The lowest BCUT2D eigenvalue weighted by Gasteiger charge is -2.34. The van der Waals surface area contributed by atoms with Crippen LogP contribution in [0.3, 0.4) is 0 Å². The topological polar surface area (TPSA) is 135 Å². The summed E-state index contributed by atoms with van der Waals surface area (Å²) in [5.74, 6) is -0.428. The van der Waals surface area contributed by atoms with E-state index in [4.69, 9.17) is 16.6 Å². The number of aromatic carboxylic acids is 1. The van der Waals surface area contributed by atoms with Crippen molar-refractivity contribution in [2.45, 2.75) is 45.8 Å². The molecule has 1 saturated heterocycles. The van der Waals surface area contributed by atoms with Crippen LogP contribution in [0.2, 0.25) is 5.15 Å². The Morgan fingerprint density at radius 1 is 1.23 bits per heavy atom. The van der Waals surface area contributed by atoms with Crippen LogP contribution in [-0.2, 0) is 0 Å². The van der Waals surface area contributed by atoms with Gasteiger partial charge in [-0.3, -0.25) is 0 Å². The van der Waals surface area contributed by atoms with Crippen molar-refractivity contribution in [3.8, 4) is 6.07 Å². The molecule has 2 atom stereocenters. The number of halogens is 1. The van der Waals surface area contributed by atoms with Crippen LogP contribution in [0, 0.1) is 24.2 Å². The summed E-state index contributed by atoms with van der Waals surface area (Å²) >= 11 is 5.89. The maximum absolute atomic E-state index is 11.7. The second-order valence-electron chi connectivity index (χ2n) is 9.00. The molecule has 35 heavy (non-hydrogen) atoms. The number of piperidine rings is 1. The molecule has 0 unspecified atom stereocenters. The molecule has 1 aliphatic rings. The molecule has 0 amide bonds. The zero-order valence-electron chi connectivity index (χ0n) is 19.8. The maximum atomic E-state index is 11.7. The van der Waals surface area contributed by atoms with Gasteiger partial charge in [-0.2, -0.15) is 5.26 Å². The van der Waals surface area contributed by atoms with Crippen molar-refractivity contribution < 1.29 is 15.0 Å². The summed E-state index contributed by atoms with van der Waals surface area (Å²) in [5.41, 5.74) is 3.44. The van der Waals surface area contributed by atoms with E-state index in [0.717, 1.165) is 24.0 Å². The SMILES string of the molecule is Cc1cc([C@@H](C)Nc2ccc(Cl)nc2C(=O)O)c2nc(N3CCC([C@H](C)O)CC3)c(C#N)nc2c1. The van der Waals surface area contributed by atoms with Crippen molar-refractivity contribution in [2.75, 3.05) is 23.3 Å². The molecular weight excluding hydrogens is 468 g/mol. The van der Waals surface area contributed by atoms with Gasteiger partial charge >= 0.3 is 5.97 Å². The molecule has 0 spiro atoms. The molecular formula is C25H27ClN6O3. The van der Waals surface area contributed by atoms with Crippen molar-refractivity contribution in [2.24, 2.45) is 5.92 Å². The summed E-state index contributed by atoms with van der Waals surface area (Å²) in [7, 11) is 0. The lowest BCUT2D eigenvalue weighted by Crippen LogP contribution is -2.38. The van der Waals surface area contributed by atoms with Gasteiger partial charge in [-0.25, -0.2) is 19.7 Å². The van der Waals surface area contributed by atoms with Gasteiger partial charge in [0.1, 0.15) is 11.2 Å². The lowest BCUT2D eigenvalue weighted by atomic mass is 9.92. The van der Waals surface area contributed by atoms with Crippen molar-refractivity contribution >= 4 is 40.1 Å². The number of aliphatic hydroxyl groups excluding tert-OH is 1. The molecule has 1 fully saturated rings. The normalized spacial score (nSPS) is 16.1. The quantitative estimate of drug-likeness (QED) is 0.428. The Labute approximate surface area is 208 Å². The summed E-state index contributed by atoms with van der Waals surface area (Å²) in [6, 6.07) is 8.83. The third-order valence-electron chi connectivity index (χ3n) is 6.46. The smallest absolute Gasteiger partial charge is 0.356 e. The fraction of sp³-hybridized carbons (Fsp3) is 0.400. The number of fused-ring (bicyclic) bond motifs is 1. The number of nitrogens with one attached hydrogen (secondary N) is 1. The van der Waals surface area contributed by atoms with Crippen LogP contribution >= 0.6 is 11.6 Å². The number of aromatic nitrogens is 3. The standard InChI is InChI=1S/C25H27ClN6O3/c1-13-10-17(14(2)28-18-4-5-21(26)30-23(18)25(34)35)22-19(11-13)29-20(12-27)24(31-22)32-8-6-16(7-9-32)15(3)33/h4-5,10-11,14-16,28,33H,6-9H2,1-3H3,(H,34,35)/t14-,15+/m1/s1.